The van der Waals surface area contributed by atoms with E-state index in [-0.39, 0.29) is 0 Å². The monoisotopic (exact) mass is 267 g/mol. The number of hydrogen-bond acceptors (Lipinski definition) is 2. The van der Waals surface area contributed by atoms with Crippen LogP contribution in [0.3, 0.4) is 0 Å². The van der Waals surface area contributed by atoms with Crippen LogP contribution >= 0.6 is 0 Å². The molecule has 20 heavy (non-hydrogen) atoms. The molecule has 1 fully saturated rings. The number of likely N-dealkylation sites (N-methyl/N-ethyl adjacent to an activating group) is 1. The first-order valence-electron chi connectivity index (χ1n) is 7.89. The van der Waals surface area contributed by atoms with Gasteiger partial charge in [-0.05, 0) is 31.5 Å². The summed E-state index contributed by atoms with van der Waals surface area (Å²) in [7, 11) is 2.31. The number of fused-ring (bicyclic) bond motifs is 3. The first kappa shape index (κ1) is 11.4. The molecule has 1 aromatic carbocycles. The molecule has 2 atom stereocenters. The molecule has 0 amide bonds. The number of hydrogen-bond donors (Lipinski definition) is 0. The molecule has 2 aromatic rings. The maximum atomic E-state index is 2.74. The standard InChI is InChI=1S/C17H21N3/c1-18-10-11-19-8-6-13-12-4-2-3-5-14(12)20-9-7-15(18)17(19)16(13)20/h2-5,15,17H,6-11H2,1H3/t15-,17+/m0/s1. The van der Waals surface area contributed by atoms with Gasteiger partial charge in [0.05, 0.1) is 6.04 Å². The zero-order valence-electron chi connectivity index (χ0n) is 12.0. The summed E-state index contributed by atoms with van der Waals surface area (Å²) >= 11 is 0. The van der Waals surface area contributed by atoms with Crippen molar-refractivity contribution in [3.05, 3.63) is 35.5 Å². The summed E-state index contributed by atoms with van der Waals surface area (Å²) in [5.74, 6) is 0. The molecule has 3 nitrogen and oxygen atoms in total. The van der Waals surface area contributed by atoms with E-state index in [1.807, 2.05) is 0 Å². The van der Waals surface area contributed by atoms with Crippen LogP contribution in [0.15, 0.2) is 24.3 Å². The largest absolute Gasteiger partial charge is 0.343 e. The third kappa shape index (κ3) is 1.28. The van der Waals surface area contributed by atoms with Crippen LogP contribution in [-0.4, -0.2) is 47.1 Å². The van der Waals surface area contributed by atoms with E-state index in [2.05, 4.69) is 45.7 Å². The summed E-state index contributed by atoms with van der Waals surface area (Å²) in [4.78, 5) is 5.33. The van der Waals surface area contributed by atoms with Crippen molar-refractivity contribution < 1.29 is 0 Å². The van der Waals surface area contributed by atoms with Gasteiger partial charge in [0.15, 0.2) is 0 Å². The lowest BCUT2D eigenvalue weighted by Crippen LogP contribution is -2.57. The Balaban J connectivity index is 1.81. The number of aromatic nitrogens is 1. The van der Waals surface area contributed by atoms with Crippen LogP contribution < -0.4 is 0 Å². The minimum Gasteiger partial charge on any atom is -0.343 e. The Hall–Kier alpha value is -1.32. The molecule has 4 heterocycles. The predicted octanol–water partition coefficient (Wildman–Crippen LogP) is 2.26. The number of nitrogens with zero attached hydrogens (tertiary/aromatic N) is 3. The van der Waals surface area contributed by atoms with Gasteiger partial charge in [-0.1, -0.05) is 18.2 Å². The molecule has 0 N–H and O–H groups in total. The molecule has 1 saturated heterocycles. The second-order valence-electron chi connectivity index (χ2n) is 6.60. The highest BCUT2D eigenvalue weighted by atomic mass is 15.3. The van der Waals surface area contributed by atoms with E-state index in [4.69, 9.17) is 0 Å². The van der Waals surface area contributed by atoms with Crippen LogP contribution in [-0.2, 0) is 13.0 Å². The van der Waals surface area contributed by atoms with Crippen LogP contribution in [0.4, 0.5) is 0 Å². The zero-order valence-corrected chi connectivity index (χ0v) is 12.0. The summed E-state index contributed by atoms with van der Waals surface area (Å²) in [5, 5.41) is 1.51. The van der Waals surface area contributed by atoms with E-state index in [1.54, 1.807) is 11.3 Å². The van der Waals surface area contributed by atoms with Crippen LogP contribution in [0, 0.1) is 0 Å². The minimum atomic E-state index is 0.638. The number of aryl methyl sites for hydroxylation is 1. The summed E-state index contributed by atoms with van der Waals surface area (Å²) in [5.41, 5.74) is 4.74. The summed E-state index contributed by atoms with van der Waals surface area (Å²) in [6.07, 6.45) is 2.53. The van der Waals surface area contributed by atoms with Gasteiger partial charge in [0.1, 0.15) is 0 Å². The van der Waals surface area contributed by atoms with E-state index in [0.29, 0.717) is 6.04 Å². The van der Waals surface area contributed by atoms with E-state index in [9.17, 15) is 0 Å². The van der Waals surface area contributed by atoms with Crippen molar-refractivity contribution in [2.45, 2.75) is 31.5 Å². The molecule has 3 heteroatoms. The molecule has 1 aromatic heterocycles. The van der Waals surface area contributed by atoms with Gasteiger partial charge < -0.3 is 9.47 Å². The molecule has 3 aliphatic rings. The lowest BCUT2D eigenvalue weighted by atomic mass is 9.86. The molecule has 0 spiro atoms. The Morgan fingerprint density at radius 3 is 2.90 bits per heavy atom. The Morgan fingerprint density at radius 1 is 1.05 bits per heavy atom. The van der Waals surface area contributed by atoms with Crippen molar-refractivity contribution in [2.24, 2.45) is 0 Å². The van der Waals surface area contributed by atoms with Crippen molar-refractivity contribution >= 4 is 10.9 Å². The maximum absolute atomic E-state index is 2.74. The van der Waals surface area contributed by atoms with Gasteiger partial charge in [0.2, 0.25) is 0 Å². The molecule has 0 bridgehead atoms. The average Bonchev–Trinajstić information content (AvgIpc) is 2.83. The normalized spacial score (nSPS) is 29.6. The van der Waals surface area contributed by atoms with Gasteiger partial charge in [-0.15, -0.1) is 0 Å². The summed E-state index contributed by atoms with van der Waals surface area (Å²) < 4.78 is 2.62. The lowest BCUT2D eigenvalue weighted by molar-refractivity contribution is 0.00715. The van der Waals surface area contributed by atoms with Crippen LogP contribution in [0.2, 0.25) is 0 Å². The zero-order chi connectivity index (χ0) is 13.3. The average molecular weight is 267 g/mol. The van der Waals surface area contributed by atoms with Gasteiger partial charge >= 0.3 is 0 Å². The number of rotatable bonds is 0. The smallest absolute Gasteiger partial charge is 0.0662 e. The van der Waals surface area contributed by atoms with Crippen molar-refractivity contribution in [1.82, 2.24) is 14.4 Å². The quantitative estimate of drug-likeness (QED) is 0.725. The van der Waals surface area contributed by atoms with Gasteiger partial charge in [-0.3, -0.25) is 4.90 Å². The van der Waals surface area contributed by atoms with E-state index < -0.39 is 0 Å². The fraction of sp³-hybridized carbons (Fsp3) is 0.529. The van der Waals surface area contributed by atoms with Crippen molar-refractivity contribution in [3.63, 3.8) is 0 Å². The highest BCUT2D eigenvalue weighted by Crippen LogP contribution is 2.44. The Labute approximate surface area is 119 Å². The fourth-order valence-electron chi connectivity index (χ4n) is 4.81. The summed E-state index contributed by atoms with van der Waals surface area (Å²) in [6, 6.07) is 10.4. The molecule has 0 aliphatic carbocycles. The second kappa shape index (κ2) is 3.86. The molecule has 5 rings (SSSR count). The third-order valence-electron chi connectivity index (χ3n) is 5.76. The molecular weight excluding hydrogens is 246 g/mol. The highest BCUT2D eigenvalue weighted by Gasteiger charge is 2.43. The molecule has 104 valence electrons. The SMILES string of the molecule is CN1CCN2CCc3c4n(c5ccccc35)CC[C@H]1[C@H]42. The molecule has 0 radical (unpaired) electrons. The van der Waals surface area contributed by atoms with Crippen molar-refractivity contribution in [3.8, 4) is 0 Å². The van der Waals surface area contributed by atoms with Crippen molar-refractivity contribution in [1.29, 1.82) is 0 Å². The van der Waals surface area contributed by atoms with E-state index in [0.717, 1.165) is 6.04 Å². The number of para-hydroxylation sites is 1. The van der Waals surface area contributed by atoms with Crippen molar-refractivity contribution in [2.75, 3.05) is 26.7 Å². The van der Waals surface area contributed by atoms with Gasteiger partial charge in [-0.25, -0.2) is 0 Å². The van der Waals surface area contributed by atoms with Gasteiger partial charge in [-0.2, -0.15) is 0 Å². The Bertz CT molecular complexity index is 654. The third-order valence-corrected chi connectivity index (χ3v) is 5.76. The topological polar surface area (TPSA) is 11.4 Å². The second-order valence-corrected chi connectivity index (χ2v) is 6.60. The van der Waals surface area contributed by atoms with E-state index in [1.165, 1.54) is 49.9 Å². The van der Waals surface area contributed by atoms with Crippen LogP contribution in [0.25, 0.3) is 10.9 Å². The fourth-order valence-corrected chi connectivity index (χ4v) is 4.81. The molecule has 3 aliphatic heterocycles. The highest BCUT2D eigenvalue weighted by molar-refractivity contribution is 5.86. The number of benzene rings is 1. The molecular formula is C17H21N3. The Morgan fingerprint density at radius 2 is 1.95 bits per heavy atom. The Kier molecular flexibility index (Phi) is 2.19. The maximum Gasteiger partial charge on any atom is 0.0662 e. The minimum absolute atomic E-state index is 0.638. The summed E-state index contributed by atoms with van der Waals surface area (Å²) in [6.45, 7) is 4.90. The predicted molar refractivity (Wildman–Crippen MR) is 81.0 cm³/mol. The first-order valence-corrected chi connectivity index (χ1v) is 7.89. The first-order chi connectivity index (χ1) is 9.84. The lowest BCUT2D eigenvalue weighted by Gasteiger charge is -2.51. The number of piperazine rings is 1. The van der Waals surface area contributed by atoms with Crippen LogP contribution in [0.1, 0.15) is 23.7 Å². The van der Waals surface area contributed by atoms with E-state index >= 15 is 0 Å². The van der Waals surface area contributed by atoms with Gasteiger partial charge in [0, 0.05) is 48.8 Å². The molecule has 0 saturated carbocycles. The van der Waals surface area contributed by atoms with Gasteiger partial charge in [0.25, 0.3) is 0 Å². The van der Waals surface area contributed by atoms with Crippen LogP contribution in [0.5, 0.6) is 0 Å². The molecule has 0 unspecified atom stereocenters.